The Hall–Kier alpha value is -2.71. The Morgan fingerprint density at radius 2 is 1.71 bits per heavy atom. The topological polar surface area (TPSA) is 67.2 Å². The quantitative estimate of drug-likeness (QED) is 0.431. The van der Waals surface area contributed by atoms with Crippen LogP contribution in [0.2, 0.25) is 0 Å². The summed E-state index contributed by atoms with van der Waals surface area (Å²) >= 11 is 5.65. The first-order valence-electron chi connectivity index (χ1n) is 11.5. The molecule has 0 fully saturated rings. The molecule has 3 rings (SSSR count). The van der Waals surface area contributed by atoms with Crippen LogP contribution in [-0.4, -0.2) is 40.1 Å². The molecule has 0 aliphatic heterocycles. The number of thiocarbonyl (C=S) groups is 1. The lowest BCUT2D eigenvalue weighted by molar-refractivity contribution is 0.325. The van der Waals surface area contributed by atoms with E-state index in [4.69, 9.17) is 12.2 Å². The highest BCUT2D eigenvalue weighted by Gasteiger charge is 2.26. The monoisotopic (exact) mass is 498 g/mol. The summed E-state index contributed by atoms with van der Waals surface area (Å²) in [6.45, 7) is 11.0. The summed E-state index contributed by atoms with van der Waals surface area (Å²) in [5.41, 5.74) is 3.54. The highest BCUT2D eigenvalue weighted by Crippen LogP contribution is 2.22. The number of hydrogen-bond donors (Lipinski definition) is 1. The highest BCUT2D eigenvalue weighted by atomic mass is 32.2. The fourth-order valence-corrected chi connectivity index (χ4v) is 5.84. The van der Waals surface area contributed by atoms with Gasteiger partial charge in [0, 0.05) is 12.1 Å². The summed E-state index contributed by atoms with van der Waals surface area (Å²) in [5.74, 6) is -0.0911. The van der Waals surface area contributed by atoms with E-state index < -0.39 is 9.84 Å². The predicted octanol–water partition coefficient (Wildman–Crippen LogP) is 4.71. The summed E-state index contributed by atoms with van der Waals surface area (Å²) in [4.78, 5) is 6.49. The van der Waals surface area contributed by atoms with Crippen molar-refractivity contribution in [1.29, 1.82) is 0 Å². The highest BCUT2D eigenvalue weighted by molar-refractivity contribution is 7.90. The number of aromatic nitrogens is 2. The fraction of sp³-hybridized carbons (Fsp3) is 0.385. The summed E-state index contributed by atoms with van der Waals surface area (Å²) in [7, 11) is -3.68. The second-order valence-corrected chi connectivity index (χ2v) is 11.4. The van der Waals surface area contributed by atoms with Gasteiger partial charge in [-0.3, -0.25) is 0 Å². The molecule has 0 saturated heterocycles. The van der Waals surface area contributed by atoms with Crippen molar-refractivity contribution in [3.8, 4) is 0 Å². The van der Waals surface area contributed by atoms with Crippen molar-refractivity contribution in [1.82, 2.24) is 19.8 Å². The van der Waals surface area contributed by atoms with E-state index in [0.717, 1.165) is 22.4 Å². The molecule has 1 aromatic heterocycles. The van der Waals surface area contributed by atoms with Gasteiger partial charge in [0.05, 0.1) is 30.7 Å². The molecule has 0 aliphatic rings. The lowest BCUT2D eigenvalue weighted by Crippen LogP contribution is -2.45. The Morgan fingerprint density at radius 1 is 1.06 bits per heavy atom. The van der Waals surface area contributed by atoms with Gasteiger partial charge in [0.2, 0.25) is 15.0 Å². The molecule has 6 nitrogen and oxygen atoms in total. The number of aryl methyl sites for hydroxylation is 1. The van der Waals surface area contributed by atoms with Gasteiger partial charge < -0.3 is 14.8 Å². The summed E-state index contributed by atoms with van der Waals surface area (Å²) < 4.78 is 28.9. The minimum absolute atomic E-state index is 0.0843. The molecule has 1 N–H and O–H groups in total. The molecule has 0 aliphatic carbocycles. The maximum atomic E-state index is 13.5. The molecular formula is C26H34N4O2S2. The molecule has 0 spiro atoms. The van der Waals surface area contributed by atoms with Crippen LogP contribution in [0.3, 0.4) is 0 Å². The van der Waals surface area contributed by atoms with Gasteiger partial charge in [-0.25, -0.2) is 13.4 Å². The van der Waals surface area contributed by atoms with Gasteiger partial charge in [0.15, 0.2) is 5.11 Å². The second-order valence-electron chi connectivity index (χ2n) is 9.12. The number of nitrogens with zero attached hydrogens (tertiary/aromatic N) is 3. The predicted molar refractivity (Wildman–Crippen MR) is 141 cm³/mol. The number of rotatable bonds is 9. The lowest BCUT2D eigenvalue weighted by Gasteiger charge is -2.31. The number of benzene rings is 2. The van der Waals surface area contributed by atoms with Crippen LogP contribution in [0.5, 0.6) is 0 Å². The van der Waals surface area contributed by atoms with Crippen LogP contribution < -0.4 is 5.32 Å². The van der Waals surface area contributed by atoms with Crippen LogP contribution in [0.15, 0.2) is 66.0 Å². The first-order valence-corrected chi connectivity index (χ1v) is 13.6. The van der Waals surface area contributed by atoms with Crippen molar-refractivity contribution in [2.24, 2.45) is 0 Å². The van der Waals surface area contributed by atoms with Crippen molar-refractivity contribution in [3.63, 3.8) is 0 Å². The Kier molecular flexibility index (Phi) is 8.49. The van der Waals surface area contributed by atoms with Gasteiger partial charge in [0.25, 0.3) is 0 Å². The average molecular weight is 499 g/mol. The third-order valence-electron chi connectivity index (χ3n) is 5.60. The lowest BCUT2D eigenvalue weighted by atomic mass is 10.1. The van der Waals surface area contributed by atoms with Gasteiger partial charge in [-0.05, 0) is 63.5 Å². The SMILES string of the molecule is Cc1ccccc1CS(=O)(=O)c1ncc(CN(C(=S)NC(C)C)C(C)C)n1Cc1ccccc1. The van der Waals surface area contributed by atoms with Crippen LogP contribution in [-0.2, 0) is 28.7 Å². The van der Waals surface area contributed by atoms with Crippen molar-refractivity contribution in [2.45, 2.75) is 70.7 Å². The Balaban J connectivity index is 2.02. The van der Waals surface area contributed by atoms with Crippen molar-refractivity contribution >= 4 is 27.2 Å². The first-order chi connectivity index (χ1) is 16.1. The molecule has 1 heterocycles. The summed E-state index contributed by atoms with van der Waals surface area (Å²) in [6, 6.07) is 17.7. The zero-order valence-corrected chi connectivity index (χ0v) is 22.2. The Labute approximate surface area is 208 Å². The van der Waals surface area contributed by atoms with Crippen molar-refractivity contribution in [2.75, 3.05) is 0 Å². The maximum absolute atomic E-state index is 13.5. The van der Waals surface area contributed by atoms with E-state index in [2.05, 4.69) is 29.0 Å². The minimum atomic E-state index is -3.68. The van der Waals surface area contributed by atoms with Crippen LogP contribution >= 0.6 is 12.2 Å². The number of sulfone groups is 1. The molecule has 0 atom stereocenters. The Morgan fingerprint density at radius 3 is 2.32 bits per heavy atom. The number of hydrogen-bond acceptors (Lipinski definition) is 4. The van der Waals surface area contributed by atoms with E-state index in [9.17, 15) is 8.42 Å². The molecular weight excluding hydrogens is 464 g/mol. The third-order valence-corrected chi connectivity index (χ3v) is 7.52. The van der Waals surface area contributed by atoms with Crippen LogP contribution in [0, 0.1) is 6.92 Å². The molecule has 182 valence electrons. The molecule has 0 unspecified atom stereocenters. The number of nitrogens with one attached hydrogen (secondary N) is 1. The average Bonchev–Trinajstić information content (AvgIpc) is 3.16. The van der Waals surface area contributed by atoms with Crippen LogP contribution in [0.4, 0.5) is 0 Å². The van der Waals surface area contributed by atoms with Gasteiger partial charge in [-0.1, -0.05) is 54.6 Å². The zero-order valence-electron chi connectivity index (χ0n) is 20.5. The zero-order chi connectivity index (χ0) is 24.9. The number of imidazole rings is 1. The van der Waals surface area contributed by atoms with E-state index >= 15 is 0 Å². The van der Waals surface area contributed by atoms with Crippen molar-refractivity contribution in [3.05, 3.63) is 83.2 Å². The smallest absolute Gasteiger partial charge is 0.228 e. The molecule has 0 amide bonds. The van der Waals surface area contributed by atoms with Gasteiger partial charge in [0.1, 0.15) is 0 Å². The molecule has 0 radical (unpaired) electrons. The summed E-state index contributed by atoms with van der Waals surface area (Å²) in [6.07, 6.45) is 1.67. The molecule has 2 aromatic carbocycles. The molecule has 8 heteroatoms. The molecule has 0 saturated carbocycles. The van der Waals surface area contributed by atoms with E-state index in [1.165, 1.54) is 0 Å². The first kappa shape index (κ1) is 25.9. The van der Waals surface area contributed by atoms with E-state index in [1.54, 1.807) is 6.20 Å². The molecule has 0 bridgehead atoms. The van der Waals surface area contributed by atoms with Crippen molar-refractivity contribution < 1.29 is 8.42 Å². The standard InChI is InChI=1S/C26H34N4O2S2/c1-19(2)28-25(33)29(20(3)4)17-24-15-27-26(30(24)16-22-12-7-6-8-13-22)34(31,32)18-23-14-10-9-11-21(23)5/h6-15,19-20H,16-18H2,1-5H3,(H,28,33). The Bertz CT molecular complexity index is 1220. The molecule has 3 aromatic rings. The van der Waals surface area contributed by atoms with E-state index in [-0.39, 0.29) is 23.0 Å². The van der Waals surface area contributed by atoms with E-state index in [0.29, 0.717) is 18.2 Å². The third kappa shape index (κ3) is 6.45. The largest absolute Gasteiger partial charge is 0.360 e. The summed E-state index contributed by atoms with van der Waals surface area (Å²) in [5, 5.41) is 4.02. The van der Waals surface area contributed by atoms with Gasteiger partial charge in [-0.15, -0.1) is 0 Å². The molecule has 34 heavy (non-hydrogen) atoms. The van der Waals surface area contributed by atoms with Crippen LogP contribution in [0.1, 0.15) is 50.1 Å². The van der Waals surface area contributed by atoms with E-state index in [1.807, 2.05) is 79.9 Å². The van der Waals surface area contributed by atoms with Gasteiger partial charge in [-0.2, -0.15) is 0 Å². The minimum Gasteiger partial charge on any atom is -0.360 e. The maximum Gasteiger partial charge on any atom is 0.228 e. The second kappa shape index (κ2) is 11.1. The normalized spacial score (nSPS) is 11.7. The van der Waals surface area contributed by atoms with Gasteiger partial charge >= 0.3 is 0 Å². The van der Waals surface area contributed by atoms with Crippen LogP contribution in [0.25, 0.3) is 0 Å². The fourth-order valence-electron chi connectivity index (χ4n) is 3.74.